The smallest absolute Gasteiger partial charge is 0.133 e. The zero-order valence-corrected chi connectivity index (χ0v) is 11.3. The molecule has 1 aromatic carbocycles. The van der Waals surface area contributed by atoms with Gasteiger partial charge in [0.05, 0.1) is 11.2 Å². The minimum atomic E-state index is -0.254. The van der Waals surface area contributed by atoms with E-state index in [-0.39, 0.29) is 11.4 Å². The number of nitrogens with zero attached hydrogens (tertiary/aromatic N) is 1. The van der Waals surface area contributed by atoms with Crippen molar-refractivity contribution in [2.24, 2.45) is 5.73 Å². The molecule has 1 saturated carbocycles. The van der Waals surface area contributed by atoms with Crippen LogP contribution in [0.3, 0.4) is 0 Å². The van der Waals surface area contributed by atoms with Crippen LogP contribution in [-0.2, 0) is 5.54 Å². The molecule has 3 rings (SSSR count). The van der Waals surface area contributed by atoms with Crippen molar-refractivity contribution in [1.82, 2.24) is 4.98 Å². The molecule has 0 bridgehead atoms. The van der Waals surface area contributed by atoms with Crippen molar-refractivity contribution in [3.63, 3.8) is 0 Å². The molecule has 0 amide bonds. The van der Waals surface area contributed by atoms with Crippen LogP contribution in [0.15, 0.2) is 28.1 Å². The predicted octanol–water partition coefficient (Wildman–Crippen LogP) is 3.66. The lowest BCUT2D eigenvalue weighted by Crippen LogP contribution is -2.18. The van der Waals surface area contributed by atoms with Gasteiger partial charge in [-0.15, -0.1) is 11.3 Å². The van der Waals surface area contributed by atoms with Crippen molar-refractivity contribution in [2.45, 2.75) is 18.4 Å². The fourth-order valence-corrected chi connectivity index (χ4v) is 2.98. The van der Waals surface area contributed by atoms with Gasteiger partial charge in [-0.05, 0) is 31.0 Å². The Morgan fingerprint density at radius 2 is 2.18 bits per heavy atom. The van der Waals surface area contributed by atoms with Crippen molar-refractivity contribution in [3.05, 3.63) is 39.6 Å². The molecule has 0 radical (unpaired) electrons. The predicted molar refractivity (Wildman–Crippen MR) is 70.3 cm³/mol. The molecule has 0 aliphatic heterocycles. The minimum absolute atomic E-state index is 0.253. The van der Waals surface area contributed by atoms with Crippen molar-refractivity contribution in [1.29, 1.82) is 0 Å². The molecule has 1 aliphatic carbocycles. The second-order valence-electron chi connectivity index (χ2n) is 4.32. The summed E-state index contributed by atoms with van der Waals surface area (Å²) >= 11 is 4.78. The number of aromatic nitrogens is 1. The van der Waals surface area contributed by atoms with E-state index in [1.807, 2.05) is 5.38 Å². The molecule has 1 aliphatic rings. The number of benzene rings is 1. The molecule has 1 fully saturated rings. The zero-order valence-electron chi connectivity index (χ0n) is 8.91. The number of rotatable bonds is 2. The SMILES string of the molecule is NC1(c2csc(-c3cc(Br)ccc3F)n2)CC1. The lowest BCUT2D eigenvalue weighted by atomic mass is 10.2. The monoisotopic (exact) mass is 312 g/mol. The molecule has 1 heterocycles. The van der Waals surface area contributed by atoms with Crippen LogP contribution in [0.25, 0.3) is 10.6 Å². The third kappa shape index (κ3) is 2.03. The molecule has 2 N–H and O–H groups in total. The van der Waals surface area contributed by atoms with Gasteiger partial charge in [-0.3, -0.25) is 0 Å². The van der Waals surface area contributed by atoms with Crippen LogP contribution in [0.4, 0.5) is 4.39 Å². The Hall–Kier alpha value is -0.780. The summed E-state index contributed by atoms with van der Waals surface area (Å²) < 4.78 is 14.5. The normalized spacial score (nSPS) is 17.1. The van der Waals surface area contributed by atoms with E-state index in [1.165, 1.54) is 17.4 Å². The number of nitrogens with two attached hydrogens (primary N) is 1. The molecule has 88 valence electrons. The first-order chi connectivity index (χ1) is 8.08. The van der Waals surface area contributed by atoms with Crippen LogP contribution in [-0.4, -0.2) is 4.98 Å². The fraction of sp³-hybridized carbons (Fsp3) is 0.250. The van der Waals surface area contributed by atoms with Gasteiger partial charge in [0.1, 0.15) is 10.8 Å². The second-order valence-corrected chi connectivity index (χ2v) is 6.09. The van der Waals surface area contributed by atoms with Gasteiger partial charge in [0.2, 0.25) is 0 Å². The standard InChI is InChI=1S/C12H10BrFN2S/c13-7-1-2-9(14)8(5-7)11-16-10(6-17-11)12(15)3-4-12/h1-2,5-6H,3-4,15H2. The molecule has 0 spiro atoms. The maximum atomic E-state index is 13.7. The van der Waals surface area contributed by atoms with Crippen molar-refractivity contribution >= 4 is 27.3 Å². The Bertz CT molecular complexity index is 578. The quantitative estimate of drug-likeness (QED) is 0.919. The van der Waals surface area contributed by atoms with Crippen LogP contribution < -0.4 is 5.73 Å². The van der Waals surface area contributed by atoms with Crippen molar-refractivity contribution < 1.29 is 4.39 Å². The fourth-order valence-electron chi connectivity index (χ4n) is 1.68. The summed E-state index contributed by atoms with van der Waals surface area (Å²) in [6, 6.07) is 4.86. The van der Waals surface area contributed by atoms with E-state index in [0.717, 1.165) is 23.0 Å². The summed E-state index contributed by atoms with van der Waals surface area (Å²) in [6.45, 7) is 0. The average molecular weight is 313 g/mol. The van der Waals surface area contributed by atoms with Gasteiger partial charge in [-0.1, -0.05) is 15.9 Å². The van der Waals surface area contributed by atoms with E-state index in [0.29, 0.717) is 10.6 Å². The third-order valence-electron chi connectivity index (χ3n) is 2.96. The van der Waals surface area contributed by atoms with Crippen LogP contribution in [0.5, 0.6) is 0 Å². The Kier molecular flexibility index (Phi) is 2.57. The first-order valence-corrected chi connectivity index (χ1v) is 6.96. The van der Waals surface area contributed by atoms with E-state index in [1.54, 1.807) is 12.1 Å². The van der Waals surface area contributed by atoms with Crippen LogP contribution in [0.2, 0.25) is 0 Å². The highest BCUT2D eigenvalue weighted by molar-refractivity contribution is 9.10. The zero-order chi connectivity index (χ0) is 12.0. The van der Waals surface area contributed by atoms with E-state index in [9.17, 15) is 4.39 Å². The van der Waals surface area contributed by atoms with Gasteiger partial charge in [0.15, 0.2) is 0 Å². The van der Waals surface area contributed by atoms with Gasteiger partial charge in [0.25, 0.3) is 0 Å². The maximum absolute atomic E-state index is 13.7. The van der Waals surface area contributed by atoms with E-state index in [4.69, 9.17) is 5.73 Å². The summed E-state index contributed by atoms with van der Waals surface area (Å²) in [5.74, 6) is -0.254. The Balaban J connectivity index is 2.03. The molecule has 2 nitrogen and oxygen atoms in total. The topological polar surface area (TPSA) is 38.9 Å². The van der Waals surface area contributed by atoms with Crippen LogP contribution in [0.1, 0.15) is 18.5 Å². The molecular weight excluding hydrogens is 303 g/mol. The number of halogens is 2. The van der Waals surface area contributed by atoms with Crippen LogP contribution in [0, 0.1) is 5.82 Å². The summed E-state index contributed by atoms with van der Waals surface area (Å²) in [6.07, 6.45) is 1.94. The lowest BCUT2D eigenvalue weighted by Gasteiger charge is -2.03. The number of thiazole rings is 1. The highest BCUT2D eigenvalue weighted by atomic mass is 79.9. The van der Waals surface area contributed by atoms with Crippen molar-refractivity contribution in [3.8, 4) is 10.6 Å². The molecule has 2 aromatic rings. The summed E-state index contributed by atoms with van der Waals surface area (Å²) in [5.41, 5.74) is 7.23. The van der Waals surface area contributed by atoms with Gasteiger partial charge in [-0.2, -0.15) is 0 Å². The maximum Gasteiger partial charge on any atom is 0.133 e. The van der Waals surface area contributed by atoms with Gasteiger partial charge < -0.3 is 5.73 Å². The first kappa shape index (κ1) is 11.3. The highest BCUT2D eigenvalue weighted by Gasteiger charge is 2.42. The highest BCUT2D eigenvalue weighted by Crippen LogP contribution is 2.44. The molecule has 1 aromatic heterocycles. The molecular formula is C12H10BrFN2S. The molecule has 0 unspecified atom stereocenters. The summed E-state index contributed by atoms with van der Waals surface area (Å²) in [5, 5.41) is 2.62. The Morgan fingerprint density at radius 1 is 1.41 bits per heavy atom. The van der Waals surface area contributed by atoms with E-state index < -0.39 is 0 Å². The third-order valence-corrected chi connectivity index (χ3v) is 4.33. The van der Waals surface area contributed by atoms with Gasteiger partial charge >= 0.3 is 0 Å². The number of hydrogen-bond acceptors (Lipinski definition) is 3. The number of hydrogen-bond donors (Lipinski definition) is 1. The Morgan fingerprint density at radius 3 is 2.88 bits per heavy atom. The van der Waals surface area contributed by atoms with Crippen LogP contribution >= 0.6 is 27.3 Å². The van der Waals surface area contributed by atoms with Crippen molar-refractivity contribution in [2.75, 3.05) is 0 Å². The summed E-state index contributed by atoms with van der Waals surface area (Å²) in [4.78, 5) is 4.45. The first-order valence-electron chi connectivity index (χ1n) is 5.29. The van der Waals surface area contributed by atoms with Gasteiger partial charge in [0, 0.05) is 15.4 Å². The molecule has 5 heteroatoms. The molecule has 0 atom stereocenters. The largest absolute Gasteiger partial charge is 0.320 e. The van der Waals surface area contributed by atoms with Gasteiger partial charge in [-0.25, -0.2) is 9.37 Å². The lowest BCUT2D eigenvalue weighted by molar-refractivity contribution is 0.630. The van der Waals surface area contributed by atoms with E-state index >= 15 is 0 Å². The Labute approximate surface area is 111 Å². The molecule has 17 heavy (non-hydrogen) atoms. The average Bonchev–Trinajstić information content (AvgIpc) is 2.88. The molecule has 0 saturated heterocycles. The second kappa shape index (κ2) is 3.86. The van der Waals surface area contributed by atoms with E-state index in [2.05, 4.69) is 20.9 Å². The summed E-state index contributed by atoms with van der Waals surface area (Å²) in [7, 11) is 0. The minimum Gasteiger partial charge on any atom is -0.320 e.